The Hall–Kier alpha value is -3.74. The van der Waals surface area contributed by atoms with Gasteiger partial charge in [-0.1, -0.05) is 12.0 Å². The lowest BCUT2D eigenvalue weighted by molar-refractivity contribution is -0.274. The van der Waals surface area contributed by atoms with Crippen molar-refractivity contribution in [2.75, 3.05) is 11.9 Å². The second-order valence-electron chi connectivity index (χ2n) is 6.24. The van der Waals surface area contributed by atoms with Gasteiger partial charge in [0.1, 0.15) is 11.4 Å². The fourth-order valence-electron chi connectivity index (χ4n) is 2.92. The van der Waals surface area contributed by atoms with Gasteiger partial charge in [0.05, 0.1) is 12.1 Å². The highest BCUT2D eigenvalue weighted by Crippen LogP contribution is 2.26. The third kappa shape index (κ3) is 5.00. The molecule has 10 heteroatoms. The molecule has 1 aromatic carbocycles. The lowest BCUT2D eigenvalue weighted by Gasteiger charge is -2.11. The van der Waals surface area contributed by atoms with Gasteiger partial charge in [0.25, 0.3) is 17.6 Å². The van der Waals surface area contributed by atoms with Crippen molar-refractivity contribution in [2.45, 2.75) is 20.2 Å². The lowest BCUT2D eigenvalue weighted by atomic mass is 10.0. The molecular weight excluding hydrogens is 403 g/mol. The molecule has 7 nitrogen and oxygen atoms in total. The SMILES string of the molecule is C#CCNC(=O)C(=O)c1c(C)c(C(=O)Nc2cccc(OC(F)(F)F)c2)n(C)c1C. The van der Waals surface area contributed by atoms with Crippen LogP contribution in [-0.2, 0) is 11.8 Å². The molecule has 0 bridgehead atoms. The normalized spacial score (nSPS) is 10.8. The standard InChI is InChI=1S/C20H18F3N3O4/c1-5-9-24-19(29)17(27)15-11(2)16(26(4)12(15)3)18(28)25-13-7-6-8-14(10-13)30-20(21,22)23/h1,6-8,10H,9H2,2-4H3,(H,24,29)(H,25,28). The zero-order chi connectivity index (χ0) is 22.6. The first-order valence-electron chi connectivity index (χ1n) is 8.55. The summed E-state index contributed by atoms with van der Waals surface area (Å²) in [6.45, 7) is 2.93. The Balaban J connectivity index is 2.32. The Kier molecular flexibility index (Phi) is 6.56. The van der Waals surface area contributed by atoms with Gasteiger partial charge >= 0.3 is 6.36 Å². The van der Waals surface area contributed by atoms with Crippen LogP contribution in [0.4, 0.5) is 18.9 Å². The third-order valence-electron chi connectivity index (χ3n) is 4.26. The van der Waals surface area contributed by atoms with Crippen LogP contribution < -0.4 is 15.4 Å². The van der Waals surface area contributed by atoms with E-state index in [9.17, 15) is 27.6 Å². The summed E-state index contributed by atoms with van der Waals surface area (Å²) in [7, 11) is 1.52. The van der Waals surface area contributed by atoms with E-state index in [2.05, 4.69) is 21.3 Å². The Morgan fingerprint density at radius 1 is 1.23 bits per heavy atom. The number of ether oxygens (including phenoxy) is 1. The van der Waals surface area contributed by atoms with Crippen LogP contribution in [0.1, 0.15) is 32.1 Å². The molecule has 0 aliphatic heterocycles. The molecule has 2 aromatic rings. The fraction of sp³-hybridized carbons (Fsp3) is 0.250. The van der Waals surface area contributed by atoms with Crippen molar-refractivity contribution in [1.29, 1.82) is 0 Å². The number of carbonyl (C=O) groups is 3. The number of nitrogens with zero attached hydrogens (tertiary/aromatic N) is 1. The Bertz CT molecular complexity index is 1050. The van der Waals surface area contributed by atoms with E-state index >= 15 is 0 Å². The predicted molar refractivity (Wildman–Crippen MR) is 102 cm³/mol. The lowest BCUT2D eigenvalue weighted by Crippen LogP contribution is -2.31. The summed E-state index contributed by atoms with van der Waals surface area (Å²) in [5.41, 5.74) is 0.789. The van der Waals surface area contributed by atoms with Gasteiger partial charge in [-0.25, -0.2) is 0 Å². The van der Waals surface area contributed by atoms with Crippen LogP contribution in [0, 0.1) is 26.2 Å². The van der Waals surface area contributed by atoms with E-state index in [4.69, 9.17) is 6.42 Å². The van der Waals surface area contributed by atoms with Crippen molar-refractivity contribution in [2.24, 2.45) is 7.05 Å². The summed E-state index contributed by atoms with van der Waals surface area (Å²) in [6.07, 6.45) is 0.185. The predicted octanol–water partition coefficient (Wildman–Crippen LogP) is 2.72. The van der Waals surface area contributed by atoms with E-state index in [0.29, 0.717) is 5.69 Å². The fourth-order valence-corrected chi connectivity index (χ4v) is 2.92. The molecular formula is C20H18F3N3O4. The zero-order valence-corrected chi connectivity index (χ0v) is 16.3. The van der Waals surface area contributed by atoms with Crippen molar-refractivity contribution in [1.82, 2.24) is 9.88 Å². The monoisotopic (exact) mass is 421 g/mol. The molecule has 0 unspecified atom stereocenters. The van der Waals surface area contributed by atoms with Gasteiger partial charge in [0.15, 0.2) is 0 Å². The number of anilines is 1. The van der Waals surface area contributed by atoms with Crippen LogP contribution in [0.15, 0.2) is 24.3 Å². The average molecular weight is 421 g/mol. The summed E-state index contributed by atoms with van der Waals surface area (Å²) in [5.74, 6) is -0.754. The largest absolute Gasteiger partial charge is 0.573 e. The quantitative estimate of drug-likeness (QED) is 0.427. The van der Waals surface area contributed by atoms with Crippen molar-refractivity contribution in [3.63, 3.8) is 0 Å². The maximum Gasteiger partial charge on any atom is 0.573 e. The highest BCUT2D eigenvalue weighted by atomic mass is 19.4. The number of terminal acetylenes is 1. The molecule has 0 radical (unpaired) electrons. The van der Waals surface area contributed by atoms with Gasteiger partial charge in [0.2, 0.25) is 0 Å². The molecule has 0 spiro atoms. The van der Waals surface area contributed by atoms with Gasteiger partial charge in [0, 0.05) is 24.5 Å². The number of hydrogen-bond acceptors (Lipinski definition) is 4. The molecule has 0 atom stereocenters. The molecule has 0 fully saturated rings. The summed E-state index contributed by atoms with van der Waals surface area (Å²) >= 11 is 0. The Morgan fingerprint density at radius 2 is 1.90 bits per heavy atom. The van der Waals surface area contributed by atoms with Crippen LogP contribution in [-0.4, -0.2) is 35.1 Å². The van der Waals surface area contributed by atoms with Crippen LogP contribution in [0.2, 0.25) is 0 Å². The molecule has 2 rings (SSSR count). The molecule has 0 aliphatic rings. The first-order valence-corrected chi connectivity index (χ1v) is 8.55. The van der Waals surface area contributed by atoms with Crippen molar-refractivity contribution in [3.8, 4) is 18.1 Å². The number of amides is 2. The van der Waals surface area contributed by atoms with Crippen molar-refractivity contribution >= 4 is 23.3 Å². The van der Waals surface area contributed by atoms with Crippen molar-refractivity contribution in [3.05, 3.63) is 46.8 Å². The molecule has 1 aromatic heterocycles. The summed E-state index contributed by atoms with van der Waals surface area (Å²) in [6, 6.07) is 4.76. The van der Waals surface area contributed by atoms with Gasteiger partial charge in [-0.3, -0.25) is 14.4 Å². The van der Waals surface area contributed by atoms with E-state index < -0.39 is 29.7 Å². The van der Waals surface area contributed by atoms with Gasteiger partial charge in [-0.2, -0.15) is 0 Å². The zero-order valence-electron chi connectivity index (χ0n) is 16.3. The Morgan fingerprint density at radius 3 is 2.50 bits per heavy atom. The van der Waals surface area contributed by atoms with Gasteiger partial charge in [-0.15, -0.1) is 19.6 Å². The molecule has 2 amide bonds. The number of Topliss-reactive ketones (excluding diaryl/α,β-unsaturated/α-hetero) is 1. The minimum atomic E-state index is -4.87. The Labute approximate surface area is 170 Å². The highest BCUT2D eigenvalue weighted by molar-refractivity contribution is 6.43. The summed E-state index contributed by atoms with van der Waals surface area (Å²) in [4.78, 5) is 37.2. The second-order valence-corrected chi connectivity index (χ2v) is 6.24. The first kappa shape index (κ1) is 22.5. The summed E-state index contributed by atoms with van der Waals surface area (Å²) < 4.78 is 42.4. The van der Waals surface area contributed by atoms with E-state index in [-0.39, 0.29) is 29.1 Å². The van der Waals surface area contributed by atoms with Crippen molar-refractivity contribution < 1.29 is 32.3 Å². The number of hydrogen-bond donors (Lipinski definition) is 2. The maximum absolute atomic E-state index is 12.7. The maximum atomic E-state index is 12.7. The average Bonchev–Trinajstić information content (AvgIpc) is 2.86. The summed E-state index contributed by atoms with van der Waals surface area (Å²) in [5, 5.41) is 4.73. The highest BCUT2D eigenvalue weighted by Gasteiger charge is 2.31. The van der Waals surface area contributed by atoms with Crippen LogP contribution in [0.3, 0.4) is 0 Å². The first-order chi connectivity index (χ1) is 14.0. The number of nitrogens with one attached hydrogen (secondary N) is 2. The topological polar surface area (TPSA) is 89.4 Å². The number of benzene rings is 1. The van der Waals surface area contributed by atoms with Crippen LogP contribution >= 0.6 is 0 Å². The molecule has 158 valence electrons. The van der Waals surface area contributed by atoms with Gasteiger partial charge < -0.3 is 19.9 Å². The van der Waals surface area contributed by atoms with E-state index in [1.807, 2.05) is 0 Å². The number of halogens is 3. The molecule has 30 heavy (non-hydrogen) atoms. The smallest absolute Gasteiger partial charge is 0.406 e. The van der Waals surface area contributed by atoms with Crippen LogP contribution in [0.5, 0.6) is 5.75 Å². The minimum Gasteiger partial charge on any atom is -0.406 e. The second kappa shape index (κ2) is 8.73. The van der Waals surface area contributed by atoms with Gasteiger partial charge in [-0.05, 0) is 31.5 Å². The number of rotatable bonds is 6. The molecule has 1 heterocycles. The molecule has 0 aliphatic carbocycles. The number of carbonyl (C=O) groups excluding carboxylic acids is 3. The number of alkyl halides is 3. The molecule has 2 N–H and O–H groups in total. The number of ketones is 1. The molecule has 0 saturated carbocycles. The third-order valence-corrected chi connectivity index (χ3v) is 4.26. The molecule has 0 saturated heterocycles. The van der Waals surface area contributed by atoms with E-state index in [1.165, 1.54) is 30.7 Å². The number of aromatic nitrogens is 1. The minimum absolute atomic E-state index is 0.0475. The van der Waals surface area contributed by atoms with E-state index in [0.717, 1.165) is 12.1 Å². The van der Waals surface area contributed by atoms with E-state index in [1.54, 1.807) is 6.92 Å². The van der Waals surface area contributed by atoms with Crippen LogP contribution in [0.25, 0.3) is 0 Å².